The molecule has 1 aromatic heterocycles. The van der Waals surface area contributed by atoms with Crippen molar-refractivity contribution in [1.82, 2.24) is 4.98 Å². The summed E-state index contributed by atoms with van der Waals surface area (Å²) in [7, 11) is 0. The van der Waals surface area contributed by atoms with E-state index < -0.39 is 0 Å². The summed E-state index contributed by atoms with van der Waals surface area (Å²) in [5, 5.41) is 3.23. The predicted molar refractivity (Wildman–Crippen MR) is 73.2 cm³/mol. The first kappa shape index (κ1) is 12.0. The second kappa shape index (κ2) is 5.71. The van der Waals surface area contributed by atoms with Crippen LogP contribution in [0.15, 0.2) is 48.5 Å². The van der Waals surface area contributed by atoms with E-state index in [1.165, 1.54) is 0 Å². The van der Waals surface area contributed by atoms with Gasteiger partial charge in [-0.05, 0) is 11.6 Å². The van der Waals surface area contributed by atoms with Crippen LogP contribution in [0.25, 0.3) is 0 Å². The summed E-state index contributed by atoms with van der Waals surface area (Å²) in [5.41, 5.74) is 1.13. The van der Waals surface area contributed by atoms with E-state index in [1.54, 1.807) is 0 Å². The summed E-state index contributed by atoms with van der Waals surface area (Å²) in [4.78, 5) is 4.40. The van der Waals surface area contributed by atoms with E-state index in [0.717, 1.165) is 24.5 Å². The zero-order valence-electron chi connectivity index (χ0n) is 10.6. The Morgan fingerprint density at radius 1 is 1.16 bits per heavy atom. The maximum Gasteiger partial charge on any atom is 0.215 e. The zero-order chi connectivity index (χ0) is 12.9. The lowest BCUT2D eigenvalue weighted by molar-refractivity contribution is 0.294. The van der Waals surface area contributed by atoms with Crippen molar-refractivity contribution in [2.45, 2.75) is 12.7 Å². The quantitative estimate of drug-likeness (QED) is 0.806. The number of epoxide rings is 1. The number of anilines is 1. The molecule has 4 nitrogen and oxygen atoms in total. The van der Waals surface area contributed by atoms with Crippen molar-refractivity contribution in [3.8, 4) is 5.88 Å². The first-order chi connectivity index (χ1) is 9.40. The summed E-state index contributed by atoms with van der Waals surface area (Å²) in [6.45, 7) is 2.18. The van der Waals surface area contributed by atoms with Crippen LogP contribution >= 0.6 is 0 Å². The Hall–Kier alpha value is -2.07. The molecule has 1 aliphatic heterocycles. The average Bonchev–Trinajstić information content (AvgIpc) is 3.29. The van der Waals surface area contributed by atoms with Gasteiger partial charge in [0.1, 0.15) is 12.4 Å². The van der Waals surface area contributed by atoms with Crippen molar-refractivity contribution in [1.29, 1.82) is 0 Å². The monoisotopic (exact) mass is 256 g/mol. The smallest absolute Gasteiger partial charge is 0.215 e. The summed E-state index contributed by atoms with van der Waals surface area (Å²) in [5.74, 6) is 1.45. The lowest BCUT2D eigenvalue weighted by Gasteiger charge is -2.08. The van der Waals surface area contributed by atoms with E-state index in [2.05, 4.69) is 10.3 Å². The molecule has 1 saturated heterocycles. The molecular weight excluding hydrogens is 240 g/mol. The Bertz CT molecular complexity index is 527. The first-order valence-corrected chi connectivity index (χ1v) is 6.39. The summed E-state index contributed by atoms with van der Waals surface area (Å²) < 4.78 is 10.8. The summed E-state index contributed by atoms with van der Waals surface area (Å²) in [6, 6.07) is 15.8. The third-order valence-corrected chi connectivity index (χ3v) is 2.87. The third-order valence-electron chi connectivity index (χ3n) is 2.87. The van der Waals surface area contributed by atoms with Gasteiger partial charge in [0, 0.05) is 12.6 Å². The van der Waals surface area contributed by atoms with Gasteiger partial charge in [0.25, 0.3) is 0 Å². The Kier molecular flexibility index (Phi) is 3.61. The molecule has 0 amide bonds. The van der Waals surface area contributed by atoms with E-state index in [-0.39, 0.29) is 0 Å². The van der Waals surface area contributed by atoms with Crippen LogP contribution in [0.1, 0.15) is 5.56 Å². The highest BCUT2D eigenvalue weighted by Crippen LogP contribution is 2.15. The lowest BCUT2D eigenvalue weighted by atomic mass is 10.2. The van der Waals surface area contributed by atoms with Crippen molar-refractivity contribution < 1.29 is 9.47 Å². The molecule has 0 bridgehead atoms. The zero-order valence-corrected chi connectivity index (χ0v) is 10.6. The summed E-state index contributed by atoms with van der Waals surface area (Å²) in [6.07, 6.45) is 0.343. The average molecular weight is 256 g/mol. The van der Waals surface area contributed by atoms with Crippen LogP contribution in [0.3, 0.4) is 0 Å². The molecule has 0 saturated carbocycles. The maximum atomic E-state index is 5.67. The van der Waals surface area contributed by atoms with Crippen LogP contribution in [0.5, 0.6) is 5.88 Å². The van der Waals surface area contributed by atoms with Crippen molar-refractivity contribution in [3.05, 3.63) is 54.1 Å². The largest absolute Gasteiger partial charge is 0.473 e. The lowest BCUT2D eigenvalue weighted by Crippen LogP contribution is -2.09. The maximum absolute atomic E-state index is 5.67. The number of hydrogen-bond acceptors (Lipinski definition) is 4. The molecule has 2 heterocycles. The Morgan fingerprint density at radius 2 is 2.00 bits per heavy atom. The molecule has 1 fully saturated rings. The van der Waals surface area contributed by atoms with E-state index >= 15 is 0 Å². The Balaban J connectivity index is 1.56. The number of ether oxygens (including phenoxy) is 2. The van der Waals surface area contributed by atoms with Gasteiger partial charge in [0.05, 0.1) is 12.7 Å². The standard InChI is InChI=1S/C15H16N2O2/c1-2-5-12(6-3-1)10-19-15-8-4-7-14(17-15)16-9-13-11-18-13/h1-8,13H,9-11H2,(H,16,17)/t13-/m1/s1. The Labute approximate surface area is 112 Å². The van der Waals surface area contributed by atoms with E-state index in [9.17, 15) is 0 Å². The van der Waals surface area contributed by atoms with Crippen molar-refractivity contribution in [2.24, 2.45) is 0 Å². The molecule has 0 aliphatic carbocycles. The number of benzene rings is 1. The van der Waals surface area contributed by atoms with Gasteiger partial charge < -0.3 is 14.8 Å². The SMILES string of the molecule is c1ccc(COc2cccc(NC[C@@H]3CO3)n2)cc1. The molecule has 0 radical (unpaired) electrons. The van der Waals surface area contributed by atoms with E-state index in [1.807, 2.05) is 48.5 Å². The molecule has 1 atom stereocenters. The van der Waals surface area contributed by atoms with Crippen molar-refractivity contribution in [3.63, 3.8) is 0 Å². The van der Waals surface area contributed by atoms with Gasteiger partial charge in [-0.2, -0.15) is 4.98 Å². The number of nitrogens with zero attached hydrogens (tertiary/aromatic N) is 1. The van der Waals surface area contributed by atoms with E-state index in [0.29, 0.717) is 18.6 Å². The van der Waals surface area contributed by atoms with E-state index in [4.69, 9.17) is 9.47 Å². The highest BCUT2D eigenvalue weighted by Gasteiger charge is 2.21. The highest BCUT2D eigenvalue weighted by atomic mass is 16.6. The molecule has 4 heteroatoms. The predicted octanol–water partition coefficient (Wildman–Crippen LogP) is 2.47. The van der Waals surface area contributed by atoms with Crippen LogP contribution in [-0.4, -0.2) is 24.2 Å². The second-order valence-corrected chi connectivity index (χ2v) is 4.47. The fourth-order valence-corrected chi connectivity index (χ4v) is 1.73. The van der Waals surface area contributed by atoms with Crippen LogP contribution < -0.4 is 10.1 Å². The second-order valence-electron chi connectivity index (χ2n) is 4.47. The molecule has 98 valence electrons. The van der Waals surface area contributed by atoms with Crippen molar-refractivity contribution >= 4 is 5.82 Å². The van der Waals surface area contributed by atoms with Crippen LogP contribution in [0.2, 0.25) is 0 Å². The topological polar surface area (TPSA) is 46.7 Å². The van der Waals surface area contributed by atoms with Gasteiger partial charge in [-0.3, -0.25) is 0 Å². The van der Waals surface area contributed by atoms with Gasteiger partial charge in [-0.15, -0.1) is 0 Å². The fourth-order valence-electron chi connectivity index (χ4n) is 1.73. The molecule has 0 spiro atoms. The number of aromatic nitrogens is 1. The minimum absolute atomic E-state index is 0.343. The van der Waals surface area contributed by atoms with Gasteiger partial charge in [0.2, 0.25) is 5.88 Å². The summed E-state index contributed by atoms with van der Waals surface area (Å²) >= 11 is 0. The highest BCUT2D eigenvalue weighted by molar-refractivity contribution is 5.37. The fraction of sp³-hybridized carbons (Fsp3) is 0.267. The first-order valence-electron chi connectivity index (χ1n) is 6.39. The molecule has 0 unspecified atom stereocenters. The van der Waals surface area contributed by atoms with Crippen LogP contribution in [0, 0.1) is 0 Å². The molecule has 2 aromatic rings. The van der Waals surface area contributed by atoms with Gasteiger partial charge in [-0.25, -0.2) is 0 Å². The molecule has 1 N–H and O–H groups in total. The van der Waals surface area contributed by atoms with Crippen molar-refractivity contribution in [2.75, 3.05) is 18.5 Å². The molecule has 1 aromatic carbocycles. The van der Waals surface area contributed by atoms with Gasteiger partial charge in [-0.1, -0.05) is 36.4 Å². The minimum Gasteiger partial charge on any atom is -0.473 e. The normalized spacial score (nSPS) is 16.9. The number of nitrogens with one attached hydrogen (secondary N) is 1. The van der Waals surface area contributed by atoms with Gasteiger partial charge >= 0.3 is 0 Å². The molecule has 19 heavy (non-hydrogen) atoms. The number of pyridine rings is 1. The van der Waals surface area contributed by atoms with Crippen LogP contribution in [0.4, 0.5) is 5.82 Å². The van der Waals surface area contributed by atoms with Crippen LogP contribution in [-0.2, 0) is 11.3 Å². The number of rotatable bonds is 6. The number of hydrogen-bond donors (Lipinski definition) is 1. The van der Waals surface area contributed by atoms with Gasteiger partial charge in [0.15, 0.2) is 0 Å². The third kappa shape index (κ3) is 3.69. The molecule has 3 rings (SSSR count). The molecule has 1 aliphatic rings. The Morgan fingerprint density at radius 3 is 2.79 bits per heavy atom. The minimum atomic E-state index is 0.343. The molecular formula is C15H16N2O2.